The van der Waals surface area contributed by atoms with Crippen LogP contribution < -0.4 is 11.1 Å². The van der Waals surface area contributed by atoms with Crippen LogP contribution in [-0.4, -0.2) is 22.1 Å². The summed E-state index contributed by atoms with van der Waals surface area (Å²) < 4.78 is 0. The smallest absolute Gasteiger partial charge is 0.242 e. The van der Waals surface area contributed by atoms with E-state index < -0.39 is 11.4 Å². The van der Waals surface area contributed by atoms with Gasteiger partial charge in [-0.25, -0.2) is 0 Å². The van der Waals surface area contributed by atoms with Crippen molar-refractivity contribution >= 4 is 17.7 Å². The minimum atomic E-state index is -1.05. The normalized spacial score (nSPS) is 13.1. The first kappa shape index (κ1) is 19.1. The first-order chi connectivity index (χ1) is 13.1. The van der Waals surface area contributed by atoms with Gasteiger partial charge in [0, 0.05) is 42.6 Å². The molecule has 0 spiro atoms. The lowest BCUT2D eigenvalue weighted by molar-refractivity contribution is -0.125. The van der Waals surface area contributed by atoms with Crippen molar-refractivity contribution in [1.82, 2.24) is 15.3 Å². The van der Waals surface area contributed by atoms with Gasteiger partial charge >= 0.3 is 0 Å². The second-order valence-corrected chi connectivity index (χ2v) is 7.13. The van der Waals surface area contributed by atoms with Crippen LogP contribution in [0.25, 0.3) is 0 Å². The number of hydrogen-bond acceptors (Lipinski definition) is 5. The molecule has 3 N–H and O–H groups in total. The average molecular weight is 379 g/mol. The van der Waals surface area contributed by atoms with Crippen LogP contribution in [0.15, 0.2) is 78.2 Å². The van der Waals surface area contributed by atoms with Crippen LogP contribution in [0.5, 0.6) is 0 Å². The van der Waals surface area contributed by atoms with E-state index in [1.54, 1.807) is 36.5 Å². The van der Waals surface area contributed by atoms with Crippen molar-refractivity contribution < 1.29 is 4.79 Å². The first-order valence-corrected chi connectivity index (χ1v) is 9.84. The van der Waals surface area contributed by atoms with E-state index in [-0.39, 0.29) is 0 Å². The average Bonchev–Trinajstić information content (AvgIpc) is 2.72. The lowest BCUT2D eigenvalue weighted by Gasteiger charge is -2.33. The number of nitrogens with zero attached hydrogens (tertiary/aromatic N) is 2. The van der Waals surface area contributed by atoms with Gasteiger partial charge in [-0.1, -0.05) is 24.3 Å². The highest BCUT2D eigenvalue weighted by molar-refractivity contribution is 7.98. The second kappa shape index (κ2) is 8.79. The number of pyridine rings is 2. The summed E-state index contributed by atoms with van der Waals surface area (Å²) in [4.78, 5) is 22.2. The molecule has 1 unspecified atom stereocenters. The Hall–Kier alpha value is -2.70. The zero-order chi connectivity index (χ0) is 19.1. The summed E-state index contributed by atoms with van der Waals surface area (Å²) in [6, 6.07) is 15.6. The number of carbonyl (C=O) groups is 1. The Balaban J connectivity index is 1.99. The number of aromatic nitrogens is 2. The number of nitrogens with two attached hydrogens (primary N) is 1. The maximum absolute atomic E-state index is 12.7. The Labute approximate surface area is 163 Å². The summed E-state index contributed by atoms with van der Waals surface area (Å²) in [5.41, 5.74) is 7.65. The molecule has 0 bridgehead atoms. The largest absolute Gasteiger partial charge is 0.368 e. The predicted octanol–water partition coefficient (Wildman–Crippen LogP) is 2.91. The zero-order valence-corrected chi connectivity index (χ0v) is 15.9. The number of nitrogens with one attached hydrogen (secondary N) is 1. The predicted molar refractivity (Wildman–Crippen MR) is 108 cm³/mol. The lowest BCUT2D eigenvalue weighted by atomic mass is 9.83. The Morgan fingerprint density at radius 3 is 2.19 bits per heavy atom. The van der Waals surface area contributed by atoms with Crippen LogP contribution in [-0.2, 0) is 23.3 Å². The molecule has 3 aromatic rings. The zero-order valence-electron chi connectivity index (χ0n) is 15.1. The Bertz CT molecular complexity index is 872. The summed E-state index contributed by atoms with van der Waals surface area (Å²) in [5.74, 6) is -0.424. The van der Waals surface area contributed by atoms with Crippen LogP contribution in [0, 0.1) is 0 Å². The topological polar surface area (TPSA) is 80.9 Å². The molecule has 0 fully saturated rings. The van der Waals surface area contributed by atoms with E-state index in [1.807, 2.05) is 54.8 Å². The van der Waals surface area contributed by atoms with E-state index in [4.69, 9.17) is 5.73 Å². The molecule has 1 amide bonds. The number of hydrogen-bond donors (Lipinski definition) is 2. The second-order valence-electron chi connectivity index (χ2n) is 6.25. The minimum absolute atomic E-state index is 0.412. The van der Waals surface area contributed by atoms with Gasteiger partial charge in [-0.05, 0) is 47.2 Å². The van der Waals surface area contributed by atoms with E-state index in [1.165, 1.54) is 0 Å². The Morgan fingerprint density at radius 2 is 1.67 bits per heavy atom. The van der Waals surface area contributed by atoms with E-state index in [0.717, 1.165) is 21.6 Å². The SMILES string of the molecule is CSc1ccc(C(Cc2cccnc2)(NCc2cccnc2)C(N)=O)cc1. The van der Waals surface area contributed by atoms with Crippen molar-refractivity contribution in [3.63, 3.8) is 0 Å². The van der Waals surface area contributed by atoms with Gasteiger partial charge in [0.15, 0.2) is 0 Å². The van der Waals surface area contributed by atoms with E-state index >= 15 is 0 Å². The number of primary amides is 1. The molecular weight excluding hydrogens is 356 g/mol. The van der Waals surface area contributed by atoms with Gasteiger partial charge in [-0.2, -0.15) is 0 Å². The lowest BCUT2D eigenvalue weighted by Crippen LogP contribution is -2.54. The van der Waals surface area contributed by atoms with Crippen LogP contribution >= 0.6 is 11.8 Å². The maximum Gasteiger partial charge on any atom is 0.242 e. The van der Waals surface area contributed by atoms with E-state index in [9.17, 15) is 4.79 Å². The standard InChI is InChI=1S/C21H22N4OS/c1-27-19-8-6-18(7-9-19)21(20(22)26,12-16-4-2-10-23-13-16)25-15-17-5-3-11-24-14-17/h2-11,13-14,25H,12,15H2,1H3,(H2,22,26). The molecule has 6 heteroatoms. The highest BCUT2D eigenvalue weighted by atomic mass is 32.2. The Morgan fingerprint density at radius 1 is 1.04 bits per heavy atom. The summed E-state index contributed by atoms with van der Waals surface area (Å²) in [6.45, 7) is 0.474. The molecule has 2 aromatic heterocycles. The molecule has 0 saturated carbocycles. The molecule has 1 atom stereocenters. The van der Waals surface area contributed by atoms with E-state index in [2.05, 4.69) is 15.3 Å². The molecule has 5 nitrogen and oxygen atoms in total. The molecule has 0 aliphatic carbocycles. The quantitative estimate of drug-likeness (QED) is 0.589. The summed E-state index contributed by atoms with van der Waals surface area (Å²) >= 11 is 1.66. The van der Waals surface area contributed by atoms with Crippen LogP contribution in [0.2, 0.25) is 0 Å². The molecule has 0 radical (unpaired) electrons. The van der Waals surface area contributed by atoms with E-state index in [0.29, 0.717) is 13.0 Å². The number of carbonyl (C=O) groups excluding carboxylic acids is 1. The molecule has 0 aliphatic rings. The monoisotopic (exact) mass is 378 g/mol. The van der Waals surface area contributed by atoms with Crippen molar-refractivity contribution in [2.24, 2.45) is 5.73 Å². The van der Waals surface area contributed by atoms with Crippen LogP contribution in [0.4, 0.5) is 0 Å². The van der Waals surface area contributed by atoms with Crippen molar-refractivity contribution in [2.75, 3.05) is 6.26 Å². The number of thioether (sulfide) groups is 1. The Kier molecular flexibility index (Phi) is 6.21. The summed E-state index contributed by atoms with van der Waals surface area (Å²) in [7, 11) is 0. The third kappa shape index (κ3) is 4.53. The summed E-state index contributed by atoms with van der Waals surface area (Å²) in [6.07, 6.45) is 9.41. The molecular formula is C21H22N4OS. The fourth-order valence-electron chi connectivity index (χ4n) is 3.02. The molecule has 0 saturated heterocycles. The highest BCUT2D eigenvalue weighted by Gasteiger charge is 2.38. The van der Waals surface area contributed by atoms with Gasteiger partial charge in [0.05, 0.1) is 0 Å². The summed E-state index contributed by atoms with van der Waals surface area (Å²) in [5, 5.41) is 3.40. The van der Waals surface area contributed by atoms with Gasteiger partial charge in [-0.15, -0.1) is 11.8 Å². The van der Waals surface area contributed by atoms with Gasteiger partial charge < -0.3 is 5.73 Å². The first-order valence-electron chi connectivity index (χ1n) is 8.61. The van der Waals surface area contributed by atoms with Crippen LogP contribution in [0.3, 0.4) is 0 Å². The third-order valence-corrected chi connectivity index (χ3v) is 5.26. The fraction of sp³-hybridized carbons (Fsp3) is 0.190. The van der Waals surface area contributed by atoms with Crippen molar-refractivity contribution in [1.29, 1.82) is 0 Å². The number of amides is 1. The minimum Gasteiger partial charge on any atom is -0.368 e. The number of rotatable bonds is 8. The molecule has 2 heterocycles. The molecule has 3 rings (SSSR count). The van der Waals surface area contributed by atoms with Crippen molar-refractivity contribution in [3.05, 3.63) is 90.0 Å². The van der Waals surface area contributed by atoms with Gasteiger partial charge in [0.25, 0.3) is 0 Å². The van der Waals surface area contributed by atoms with Gasteiger partial charge in [0.1, 0.15) is 5.54 Å². The van der Waals surface area contributed by atoms with Crippen molar-refractivity contribution in [3.8, 4) is 0 Å². The highest BCUT2D eigenvalue weighted by Crippen LogP contribution is 2.28. The molecule has 1 aromatic carbocycles. The number of benzene rings is 1. The van der Waals surface area contributed by atoms with Crippen LogP contribution in [0.1, 0.15) is 16.7 Å². The fourth-order valence-corrected chi connectivity index (χ4v) is 3.43. The molecule has 0 aliphatic heterocycles. The maximum atomic E-state index is 12.7. The van der Waals surface area contributed by atoms with Gasteiger partial charge in [0.2, 0.25) is 5.91 Å². The van der Waals surface area contributed by atoms with Crippen molar-refractivity contribution in [2.45, 2.75) is 23.4 Å². The molecule has 27 heavy (non-hydrogen) atoms. The molecule has 138 valence electrons. The van der Waals surface area contributed by atoms with Gasteiger partial charge in [-0.3, -0.25) is 20.1 Å². The third-order valence-electron chi connectivity index (χ3n) is 4.51.